The number of hydrogen-bond acceptors (Lipinski definition) is 10. The number of aromatic nitrogens is 2. The number of pyridine rings is 2. The number of carbonyl (C=O) groups excluding carboxylic acids is 2. The minimum absolute atomic E-state index is 0. The molecule has 2 heterocycles. The zero-order chi connectivity index (χ0) is 33.1. The number of carboxylic acids is 2. The van der Waals surface area contributed by atoms with E-state index in [1.807, 2.05) is 50.1 Å². The van der Waals surface area contributed by atoms with Gasteiger partial charge in [-0.2, -0.15) is 0 Å². The Balaban J connectivity index is 0. The van der Waals surface area contributed by atoms with E-state index in [0.717, 1.165) is 33.2 Å². The molecule has 11 nitrogen and oxygen atoms in total. The number of rotatable bonds is 4. The fraction of sp³-hybridized carbons (Fsp3) is 0.235. The van der Waals surface area contributed by atoms with E-state index in [2.05, 4.69) is 34.2 Å². The Morgan fingerprint density at radius 3 is 1.13 bits per heavy atom. The first kappa shape index (κ1) is 43.7. The van der Waals surface area contributed by atoms with Crippen LogP contribution in [0.4, 0.5) is 11.4 Å². The summed E-state index contributed by atoms with van der Waals surface area (Å²) in [7, 11) is 7.59. The van der Waals surface area contributed by atoms with Crippen molar-refractivity contribution in [3.8, 4) is 0 Å². The fourth-order valence-corrected chi connectivity index (χ4v) is 3.47. The molecule has 12 heteroatoms. The van der Waals surface area contributed by atoms with Gasteiger partial charge in [0.15, 0.2) is 0 Å². The largest absolute Gasteiger partial charge is 2.00 e. The van der Waals surface area contributed by atoms with Gasteiger partial charge in [-0.3, -0.25) is 9.97 Å². The Morgan fingerprint density at radius 2 is 0.891 bits per heavy atom. The molecule has 0 aliphatic carbocycles. The van der Waals surface area contributed by atoms with Crippen LogP contribution in [0.5, 0.6) is 0 Å². The summed E-state index contributed by atoms with van der Waals surface area (Å²) in [6.07, 6.45) is 3.60. The van der Waals surface area contributed by atoms with Crippen molar-refractivity contribution < 1.29 is 55.0 Å². The predicted octanol–water partition coefficient (Wildman–Crippen LogP) is 2.09. The van der Waals surface area contributed by atoms with Gasteiger partial charge in [0.25, 0.3) is 0 Å². The van der Waals surface area contributed by atoms with Crippen LogP contribution < -0.4 is 20.0 Å². The van der Waals surface area contributed by atoms with Crippen molar-refractivity contribution >= 4 is 45.1 Å². The van der Waals surface area contributed by atoms with Crippen molar-refractivity contribution in [1.82, 2.24) is 9.97 Å². The summed E-state index contributed by atoms with van der Waals surface area (Å²) in [4.78, 5) is 33.2. The Hall–Kier alpha value is -4.48. The third kappa shape index (κ3) is 15.0. The van der Waals surface area contributed by atoms with Gasteiger partial charge in [0.1, 0.15) is 0 Å². The van der Waals surface area contributed by atoms with Crippen molar-refractivity contribution in [3.05, 3.63) is 108 Å². The third-order valence-electron chi connectivity index (χ3n) is 5.58. The zero-order valence-electron chi connectivity index (χ0n) is 27.3. The molecule has 0 saturated heterocycles. The van der Waals surface area contributed by atoms with E-state index >= 15 is 0 Å². The van der Waals surface area contributed by atoms with E-state index in [0.29, 0.717) is 0 Å². The molecule has 5 aromatic rings. The topological polar surface area (TPSA) is 186 Å². The molecule has 0 saturated carbocycles. The summed E-state index contributed by atoms with van der Waals surface area (Å²) in [6, 6.07) is 25.2. The van der Waals surface area contributed by atoms with E-state index in [9.17, 15) is 19.8 Å². The Kier molecular flexibility index (Phi) is 22.6. The molecule has 5 rings (SSSR count). The summed E-state index contributed by atoms with van der Waals surface area (Å²) >= 11 is 0. The number of carbonyl (C=O) groups is 2. The predicted molar refractivity (Wildman–Crippen MR) is 178 cm³/mol. The van der Waals surface area contributed by atoms with E-state index < -0.39 is 11.9 Å². The average molecular weight is 685 g/mol. The molecule has 0 bridgehead atoms. The number of aliphatic hydroxyl groups excluding tert-OH is 2. The molecule has 0 spiro atoms. The van der Waals surface area contributed by atoms with Gasteiger partial charge in [-0.1, -0.05) is 48.5 Å². The molecule has 46 heavy (non-hydrogen) atoms. The molecule has 0 radical (unpaired) electrons. The van der Waals surface area contributed by atoms with Gasteiger partial charge < -0.3 is 45.3 Å². The van der Waals surface area contributed by atoms with Crippen LogP contribution in [-0.2, 0) is 25.0 Å². The number of fused-ring (bicyclic) bond motifs is 3. The maximum atomic E-state index is 10.4. The summed E-state index contributed by atoms with van der Waals surface area (Å²) in [5.74, 6) is -2.28. The molecule has 5 N–H and O–H groups in total. The van der Waals surface area contributed by atoms with E-state index in [-0.39, 0.29) is 49.3 Å². The maximum absolute atomic E-state index is 10.4. The van der Waals surface area contributed by atoms with Gasteiger partial charge in [-0.25, -0.2) is 0 Å². The maximum Gasteiger partial charge on any atom is 2.00 e. The van der Waals surface area contributed by atoms with Gasteiger partial charge in [0, 0.05) is 75.9 Å². The molecule has 0 atom stereocenters. The number of nitrogens with zero attached hydrogens (tertiary/aromatic N) is 4. The SMILES string of the molecule is CCO.CCO.CN(C)c1ccc(C(=O)[O-])cc1.CN(C)c1ccc(C(=O)[O-])cc1.[OH3+].[Zn+2].c1cnc2c(c1)ccc1cccnc12. The molecule has 0 aliphatic rings. The van der Waals surface area contributed by atoms with Crippen molar-refractivity contribution in [2.24, 2.45) is 0 Å². The van der Waals surface area contributed by atoms with Gasteiger partial charge in [-0.05, 0) is 61.4 Å². The summed E-state index contributed by atoms with van der Waals surface area (Å²) in [5.41, 5.74) is 4.32. The van der Waals surface area contributed by atoms with Crippen LogP contribution in [0.2, 0.25) is 0 Å². The number of hydrogen-bond donors (Lipinski definition) is 2. The van der Waals surface area contributed by atoms with Gasteiger partial charge in [0.2, 0.25) is 0 Å². The Labute approximate surface area is 282 Å². The monoisotopic (exact) mass is 683 g/mol. The van der Waals surface area contributed by atoms with Crippen LogP contribution in [0.25, 0.3) is 21.8 Å². The zero-order valence-corrected chi connectivity index (χ0v) is 30.2. The number of aromatic carboxylic acids is 2. The van der Waals surface area contributed by atoms with Crippen LogP contribution in [-0.4, -0.2) is 73.5 Å². The second kappa shape index (κ2) is 23.8. The van der Waals surface area contributed by atoms with Gasteiger partial charge in [-0.15, -0.1) is 0 Å². The first-order valence-corrected chi connectivity index (χ1v) is 13.8. The van der Waals surface area contributed by atoms with Crippen LogP contribution >= 0.6 is 0 Å². The summed E-state index contributed by atoms with van der Waals surface area (Å²) in [6.45, 7) is 3.86. The smallest absolute Gasteiger partial charge is 0.545 e. The summed E-state index contributed by atoms with van der Waals surface area (Å²) in [5, 5.41) is 38.1. The van der Waals surface area contributed by atoms with Crippen LogP contribution in [0.3, 0.4) is 0 Å². The summed E-state index contributed by atoms with van der Waals surface area (Å²) < 4.78 is 0. The number of aliphatic hydroxyl groups is 2. The second-order valence-electron chi connectivity index (χ2n) is 9.31. The first-order chi connectivity index (χ1) is 21.0. The molecule has 242 valence electrons. The molecular weight excluding hydrogens is 642 g/mol. The minimum atomic E-state index is -1.14. The quantitative estimate of drug-likeness (QED) is 0.161. The van der Waals surface area contributed by atoms with E-state index in [4.69, 9.17) is 10.2 Å². The molecule has 0 unspecified atom stereocenters. The van der Waals surface area contributed by atoms with Crippen LogP contribution in [0.1, 0.15) is 34.6 Å². The van der Waals surface area contributed by atoms with Crippen molar-refractivity contribution in [2.75, 3.05) is 51.2 Å². The molecule has 0 fully saturated rings. The fourth-order valence-electron chi connectivity index (χ4n) is 3.47. The number of carboxylic acid groups (broad SMARTS) is 2. The van der Waals surface area contributed by atoms with E-state index in [1.165, 1.54) is 24.3 Å². The van der Waals surface area contributed by atoms with Crippen molar-refractivity contribution in [1.29, 1.82) is 0 Å². The van der Waals surface area contributed by atoms with Gasteiger partial charge in [0.05, 0.1) is 23.0 Å². The molecule has 2 aromatic heterocycles. The average Bonchev–Trinajstić information content (AvgIpc) is 3.02. The first-order valence-electron chi connectivity index (χ1n) is 13.8. The van der Waals surface area contributed by atoms with Crippen molar-refractivity contribution in [3.63, 3.8) is 0 Å². The van der Waals surface area contributed by atoms with E-state index in [1.54, 1.807) is 50.5 Å². The van der Waals surface area contributed by atoms with Crippen molar-refractivity contribution in [2.45, 2.75) is 13.8 Å². The number of benzene rings is 3. The molecule has 3 aromatic carbocycles. The number of anilines is 2. The van der Waals surface area contributed by atoms with Crippen LogP contribution in [0, 0.1) is 0 Å². The molecule has 0 amide bonds. The van der Waals surface area contributed by atoms with Gasteiger partial charge >= 0.3 is 19.5 Å². The minimum Gasteiger partial charge on any atom is -0.545 e. The molecule has 0 aliphatic heterocycles. The standard InChI is InChI=1S/C12H8N2.2C9H11NO2.2C2H6O.H2O.Zn/c1-3-9-5-6-10-4-2-8-14-12(10)11(9)13-7-1;2*1-10(2)8-5-3-7(4-6-8)9(11)12;2*1-2-3;;/h1-8H;2*3-6H,1-2H3,(H,11,12);2*3H,2H2,1H3;1H2;/q;;;;;;+2/p-1. The Bertz CT molecular complexity index is 1450. The molecular formula is C34H43N4O7Zn+. The second-order valence-corrected chi connectivity index (χ2v) is 9.31. The third-order valence-corrected chi connectivity index (χ3v) is 5.58. The normalized spacial score (nSPS) is 9.04. The van der Waals surface area contributed by atoms with Crippen LogP contribution in [0.15, 0.2) is 97.3 Å². The Morgan fingerprint density at radius 1 is 0.609 bits per heavy atom.